The zero-order chi connectivity index (χ0) is 21.5. The van der Waals surface area contributed by atoms with Gasteiger partial charge in [0.05, 0.1) is 5.92 Å². The number of carbonyl (C=O) groups is 3. The molecule has 0 bridgehead atoms. The van der Waals surface area contributed by atoms with E-state index in [9.17, 15) is 14.4 Å². The standard InChI is InChI=1S/C24H28N2O4/c1-3-4-5-18-8-12-21(13-9-18)26-15-19(14-23(26)28)24(29)30-16-22(27)25-20-10-6-17(2)7-11-20/h6-13,19H,3-5,14-16H2,1-2H3,(H,25,27)/t19-/m0/s1. The van der Waals surface area contributed by atoms with Crippen LogP contribution in [-0.4, -0.2) is 30.9 Å². The first-order valence-corrected chi connectivity index (χ1v) is 10.4. The molecule has 0 aliphatic carbocycles. The fraction of sp³-hybridized carbons (Fsp3) is 0.375. The molecule has 30 heavy (non-hydrogen) atoms. The summed E-state index contributed by atoms with van der Waals surface area (Å²) in [6.45, 7) is 4.01. The maximum Gasteiger partial charge on any atom is 0.311 e. The highest BCUT2D eigenvalue weighted by Gasteiger charge is 2.36. The molecule has 158 valence electrons. The van der Waals surface area contributed by atoms with Crippen LogP contribution < -0.4 is 10.2 Å². The topological polar surface area (TPSA) is 75.7 Å². The second-order valence-corrected chi connectivity index (χ2v) is 7.70. The lowest BCUT2D eigenvalue weighted by Gasteiger charge is -2.17. The second-order valence-electron chi connectivity index (χ2n) is 7.70. The van der Waals surface area contributed by atoms with Gasteiger partial charge >= 0.3 is 5.97 Å². The first-order chi connectivity index (χ1) is 14.5. The van der Waals surface area contributed by atoms with Crippen LogP contribution in [0.5, 0.6) is 0 Å². The number of ether oxygens (including phenoxy) is 1. The molecule has 6 nitrogen and oxygen atoms in total. The highest BCUT2D eigenvalue weighted by molar-refractivity contribution is 6.00. The monoisotopic (exact) mass is 408 g/mol. The molecule has 1 heterocycles. The Morgan fingerprint density at radius 2 is 1.80 bits per heavy atom. The Hall–Kier alpha value is -3.15. The van der Waals surface area contributed by atoms with E-state index in [0.29, 0.717) is 5.69 Å². The lowest BCUT2D eigenvalue weighted by molar-refractivity contribution is -0.151. The van der Waals surface area contributed by atoms with Gasteiger partial charge in [-0.2, -0.15) is 0 Å². The predicted molar refractivity (Wildman–Crippen MR) is 116 cm³/mol. The van der Waals surface area contributed by atoms with Crippen LogP contribution in [-0.2, 0) is 25.5 Å². The maximum absolute atomic E-state index is 12.4. The average Bonchev–Trinajstić information content (AvgIpc) is 3.14. The zero-order valence-electron chi connectivity index (χ0n) is 17.5. The van der Waals surface area contributed by atoms with Gasteiger partial charge < -0.3 is 15.0 Å². The van der Waals surface area contributed by atoms with Gasteiger partial charge in [0.15, 0.2) is 6.61 Å². The van der Waals surface area contributed by atoms with Gasteiger partial charge in [-0.25, -0.2) is 0 Å². The van der Waals surface area contributed by atoms with Crippen molar-refractivity contribution in [1.29, 1.82) is 0 Å². The van der Waals surface area contributed by atoms with Crippen LogP contribution in [0.3, 0.4) is 0 Å². The summed E-state index contributed by atoms with van der Waals surface area (Å²) < 4.78 is 5.15. The Morgan fingerprint density at radius 3 is 2.47 bits per heavy atom. The largest absolute Gasteiger partial charge is 0.455 e. The number of anilines is 2. The van der Waals surface area contributed by atoms with Crippen molar-refractivity contribution in [2.24, 2.45) is 5.92 Å². The molecule has 2 aromatic rings. The summed E-state index contributed by atoms with van der Waals surface area (Å²) in [5.74, 6) is -1.60. The van der Waals surface area contributed by atoms with E-state index < -0.39 is 17.8 Å². The molecule has 0 unspecified atom stereocenters. The highest BCUT2D eigenvalue weighted by Crippen LogP contribution is 2.26. The van der Waals surface area contributed by atoms with E-state index in [1.54, 1.807) is 17.0 Å². The van der Waals surface area contributed by atoms with Crippen LogP contribution in [0, 0.1) is 12.8 Å². The van der Waals surface area contributed by atoms with Crippen LogP contribution in [0.4, 0.5) is 11.4 Å². The third kappa shape index (κ3) is 5.69. The smallest absolute Gasteiger partial charge is 0.311 e. The summed E-state index contributed by atoms with van der Waals surface area (Å²) in [5.41, 5.74) is 3.76. The summed E-state index contributed by atoms with van der Waals surface area (Å²) in [5, 5.41) is 2.68. The molecular formula is C24H28N2O4. The van der Waals surface area contributed by atoms with Gasteiger partial charge in [0.25, 0.3) is 5.91 Å². The Morgan fingerprint density at radius 1 is 1.10 bits per heavy atom. The SMILES string of the molecule is CCCCc1ccc(N2C[C@@H](C(=O)OCC(=O)Nc3ccc(C)cc3)CC2=O)cc1. The van der Waals surface area contributed by atoms with Gasteiger partial charge in [0.1, 0.15) is 0 Å². The molecule has 0 saturated carbocycles. The molecular weight excluding hydrogens is 380 g/mol. The van der Waals surface area contributed by atoms with Crippen molar-refractivity contribution in [3.05, 3.63) is 59.7 Å². The van der Waals surface area contributed by atoms with Gasteiger partial charge in [0.2, 0.25) is 5.91 Å². The van der Waals surface area contributed by atoms with E-state index in [1.807, 2.05) is 43.3 Å². The van der Waals surface area contributed by atoms with E-state index in [2.05, 4.69) is 12.2 Å². The molecule has 0 aromatic heterocycles. The van der Waals surface area contributed by atoms with Crippen molar-refractivity contribution in [2.75, 3.05) is 23.4 Å². The minimum absolute atomic E-state index is 0.0933. The molecule has 3 rings (SSSR count). The van der Waals surface area contributed by atoms with Gasteiger partial charge in [-0.05, 0) is 49.6 Å². The number of nitrogens with one attached hydrogen (secondary N) is 1. The number of hydrogen-bond donors (Lipinski definition) is 1. The first-order valence-electron chi connectivity index (χ1n) is 10.4. The average molecular weight is 408 g/mol. The summed E-state index contributed by atoms with van der Waals surface area (Å²) in [6, 6.07) is 15.2. The highest BCUT2D eigenvalue weighted by atomic mass is 16.5. The molecule has 1 aliphatic heterocycles. The van der Waals surface area contributed by atoms with Crippen molar-refractivity contribution in [1.82, 2.24) is 0 Å². The van der Waals surface area contributed by atoms with Crippen LogP contribution >= 0.6 is 0 Å². The van der Waals surface area contributed by atoms with Crippen molar-refractivity contribution in [2.45, 2.75) is 39.5 Å². The van der Waals surface area contributed by atoms with Crippen molar-refractivity contribution in [3.63, 3.8) is 0 Å². The zero-order valence-corrected chi connectivity index (χ0v) is 17.5. The molecule has 1 N–H and O–H groups in total. The van der Waals surface area contributed by atoms with E-state index in [-0.39, 0.29) is 25.5 Å². The number of nitrogens with zero attached hydrogens (tertiary/aromatic N) is 1. The third-order valence-electron chi connectivity index (χ3n) is 5.21. The van der Waals surface area contributed by atoms with Gasteiger partial charge in [-0.15, -0.1) is 0 Å². The molecule has 1 aliphatic rings. The molecule has 0 spiro atoms. The normalized spacial score (nSPS) is 15.9. The van der Waals surface area contributed by atoms with Crippen LogP contribution in [0.15, 0.2) is 48.5 Å². The number of unbranched alkanes of at least 4 members (excludes halogenated alkanes) is 1. The molecule has 0 radical (unpaired) electrons. The lowest BCUT2D eigenvalue weighted by Crippen LogP contribution is -2.28. The number of esters is 1. The molecule has 2 amide bonds. The number of carbonyl (C=O) groups excluding carboxylic acids is 3. The summed E-state index contributed by atoms with van der Waals surface area (Å²) in [4.78, 5) is 38.4. The van der Waals surface area contributed by atoms with E-state index in [1.165, 1.54) is 5.56 Å². The lowest BCUT2D eigenvalue weighted by atomic mass is 10.1. The van der Waals surface area contributed by atoms with Crippen LogP contribution in [0.25, 0.3) is 0 Å². The minimum Gasteiger partial charge on any atom is -0.455 e. The van der Waals surface area contributed by atoms with Crippen molar-refractivity contribution >= 4 is 29.2 Å². The number of hydrogen-bond acceptors (Lipinski definition) is 4. The Labute approximate surface area is 177 Å². The van der Waals surface area contributed by atoms with Crippen molar-refractivity contribution in [3.8, 4) is 0 Å². The number of rotatable bonds is 8. The number of aryl methyl sites for hydroxylation is 2. The molecule has 1 fully saturated rings. The van der Waals surface area contributed by atoms with E-state index in [4.69, 9.17) is 4.74 Å². The number of amides is 2. The molecule has 1 atom stereocenters. The first kappa shape index (κ1) is 21.6. The minimum atomic E-state index is -0.565. The summed E-state index contributed by atoms with van der Waals surface area (Å²) in [6.07, 6.45) is 3.38. The second kappa shape index (κ2) is 10.1. The van der Waals surface area contributed by atoms with E-state index in [0.717, 1.165) is 30.5 Å². The van der Waals surface area contributed by atoms with E-state index >= 15 is 0 Å². The molecule has 1 saturated heterocycles. The fourth-order valence-electron chi connectivity index (χ4n) is 3.43. The van der Waals surface area contributed by atoms with Gasteiger partial charge in [0, 0.05) is 24.3 Å². The van der Waals surface area contributed by atoms with Crippen molar-refractivity contribution < 1.29 is 19.1 Å². The van der Waals surface area contributed by atoms with Gasteiger partial charge in [-0.3, -0.25) is 14.4 Å². The Balaban J connectivity index is 1.49. The van der Waals surface area contributed by atoms with Crippen LogP contribution in [0.1, 0.15) is 37.3 Å². The fourth-order valence-corrected chi connectivity index (χ4v) is 3.43. The van der Waals surface area contributed by atoms with Gasteiger partial charge in [-0.1, -0.05) is 43.2 Å². The maximum atomic E-state index is 12.4. The summed E-state index contributed by atoms with van der Waals surface area (Å²) in [7, 11) is 0. The van der Waals surface area contributed by atoms with Crippen LogP contribution in [0.2, 0.25) is 0 Å². The molecule has 6 heteroatoms. The number of benzene rings is 2. The molecule has 2 aromatic carbocycles. The Bertz CT molecular complexity index is 890. The predicted octanol–water partition coefficient (Wildman–Crippen LogP) is 3.87. The summed E-state index contributed by atoms with van der Waals surface area (Å²) >= 11 is 0. The third-order valence-corrected chi connectivity index (χ3v) is 5.21. The Kier molecular flexibility index (Phi) is 7.22. The quantitative estimate of drug-likeness (QED) is 0.673.